The number of ether oxygens (including phenoxy) is 1. The van der Waals surface area contributed by atoms with E-state index in [9.17, 15) is 9.59 Å². The predicted molar refractivity (Wildman–Crippen MR) is 93.3 cm³/mol. The van der Waals surface area contributed by atoms with E-state index in [1.165, 1.54) is 0 Å². The van der Waals surface area contributed by atoms with Crippen molar-refractivity contribution in [2.24, 2.45) is 0 Å². The maximum Gasteiger partial charge on any atom is 0.260 e. The van der Waals surface area contributed by atoms with Gasteiger partial charge in [-0.05, 0) is 31.2 Å². The third-order valence-corrected chi connectivity index (χ3v) is 3.57. The molecule has 0 fully saturated rings. The van der Waals surface area contributed by atoms with Crippen LogP contribution in [0.25, 0.3) is 0 Å². The molecule has 1 atom stereocenters. The van der Waals surface area contributed by atoms with Gasteiger partial charge in [0, 0.05) is 18.7 Å². The summed E-state index contributed by atoms with van der Waals surface area (Å²) in [7, 11) is 0. The molecule has 126 valence electrons. The third kappa shape index (κ3) is 5.28. The average molecular weight is 347 g/mol. The molecule has 0 radical (unpaired) electrons. The van der Waals surface area contributed by atoms with Crippen LogP contribution in [0.15, 0.2) is 54.6 Å². The zero-order valence-electron chi connectivity index (χ0n) is 13.3. The molecule has 5 nitrogen and oxygen atoms in total. The number of benzene rings is 2. The van der Waals surface area contributed by atoms with Gasteiger partial charge in [0.2, 0.25) is 0 Å². The Balaban J connectivity index is 1.71. The van der Waals surface area contributed by atoms with Gasteiger partial charge >= 0.3 is 0 Å². The number of carbonyl (C=O) groups is 2. The van der Waals surface area contributed by atoms with Crippen molar-refractivity contribution in [3.8, 4) is 5.75 Å². The van der Waals surface area contributed by atoms with E-state index in [0.29, 0.717) is 29.4 Å². The lowest BCUT2D eigenvalue weighted by Gasteiger charge is -2.15. The van der Waals surface area contributed by atoms with Crippen LogP contribution >= 0.6 is 11.6 Å². The molecular formula is C18H19ClN2O3. The van der Waals surface area contributed by atoms with Crippen molar-refractivity contribution in [2.75, 3.05) is 13.1 Å². The maximum absolute atomic E-state index is 12.0. The molecule has 0 saturated carbocycles. The summed E-state index contributed by atoms with van der Waals surface area (Å²) >= 11 is 5.99. The van der Waals surface area contributed by atoms with Crippen molar-refractivity contribution in [3.05, 3.63) is 65.2 Å². The minimum absolute atomic E-state index is 0.176. The normalized spacial score (nSPS) is 11.4. The molecule has 2 aromatic carbocycles. The summed E-state index contributed by atoms with van der Waals surface area (Å²) in [6, 6.07) is 15.9. The first-order valence-electron chi connectivity index (χ1n) is 7.60. The second-order valence-electron chi connectivity index (χ2n) is 5.10. The molecule has 24 heavy (non-hydrogen) atoms. The standard InChI is InChI=1S/C18H19ClN2O3/c1-13(24-16-10-6-5-9-15(16)19)17(22)20-11-12-21-18(23)14-7-3-2-4-8-14/h2-10,13H,11-12H2,1H3,(H,20,22)(H,21,23). The van der Waals surface area contributed by atoms with Gasteiger partial charge in [-0.25, -0.2) is 0 Å². The fourth-order valence-corrected chi connectivity index (χ4v) is 2.16. The van der Waals surface area contributed by atoms with E-state index in [1.54, 1.807) is 55.5 Å². The van der Waals surface area contributed by atoms with Crippen LogP contribution in [0.1, 0.15) is 17.3 Å². The van der Waals surface area contributed by atoms with Crippen LogP contribution in [0.5, 0.6) is 5.75 Å². The van der Waals surface area contributed by atoms with E-state index >= 15 is 0 Å². The predicted octanol–water partition coefficient (Wildman–Crippen LogP) is 2.65. The lowest BCUT2D eigenvalue weighted by Crippen LogP contribution is -2.40. The lowest BCUT2D eigenvalue weighted by molar-refractivity contribution is -0.127. The number of hydrogen-bond donors (Lipinski definition) is 2. The summed E-state index contributed by atoms with van der Waals surface area (Å²) in [5.41, 5.74) is 0.583. The number of rotatable bonds is 7. The largest absolute Gasteiger partial charge is 0.479 e. The number of hydrogen-bond acceptors (Lipinski definition) is 3. The lowest BCUT2D eigenvalue weighted by atomic mass is 10.2. The van der Waals surface area contributed by atoms with E-state index < -0.39 is 6.10 Å². The molecule has 2 N–H and O–H groups in total. The van der Waals surface area contributed by atoms with E-state index in [2.05, 4.69) is 10.6 Å². The van der Waals surface area contributed by atoms with Gasteiger partial charge in [-0.2, -0.15) is 0 Å². The topological polar surface area (TPSA) is 67.4 Å². The van der Waals surface area contributed by atoms with Gasteiger partial charge in [0.25, 0.3) is 11.8 Å². The highest BCUT2D eigenvalue weighted by Gasteiger charge is 2.15. The van der Waals surface area contributed by atoms with E-state index in [1.807, 2.05) is 6.07 Å². The molecule has 0 aliphatic carbocycles. The Bertz CT molecular complexity index is 692. The molecule has 0 spiro atoms. The fourth-order valence-electron chi connectivity index (χ4n) is 1.98. The molecule has 0 heterocycles. The Morgan fingerprint density at radius 1 is 1.00 bits per heavy atom. The Kier molecular flexibility index (Phi) is 6.63. The Hall–Kier alpha value is -2.53. The molecule has 0 saturated heterocycles. The van der Waals surface area contributed by atoms with Gasteiger partial charge in [-0.1, -0.05) is 41.9 Å². The monoisotopic (exact) mass is 346 g/mol. The van der Waals surface area contributed by atoms with Crippen molar-refractivity contribution in [2.45, 2.75) is 13.0 Å². The second kappa shape index (κ2) is 8.93. The van der Waals surface area contributed by atoms with Crippen LogP contribution in [-0.4, -0.2) is 31.0 Å². The van der Waals surface area contributed by atoms with Crippen LogP contribution in [0, 0.1) is 0 Å². The van der Waals surface area contributed by atoms with Crippen LogP contribution in [0.4, 0.5) is 0 Å². The highest BCUT2D eigenvalue weighted by molar-refractivity contribution is 6.32. The molecule has 0 aromatic heterocycles. The van der Waals surface area contributed by atoms with Crippen molar-refractivity contribution in [3.63, 3.8) is 0 Å². The summed E-state index contributed by atoms with van der Waals surface area (Å²) in [6.07, 6.45) is -0.685. The zero-order chi connectivity index (χ0) is 17.4. The minimum atomic E-state index is -0.685. The second-order valence-corrected chi connectivity index (χ2v) is 5.51. The van der Waals surface area contributed by atoms with Crippen LogP contribution in [0.2, 0.25) is 5.02 Å². The molecule has 0 aliphatic heterocycles. The molecule has 2 amide bonds. The number of nitrogens with one attached hydrogen (secondary N) is 2. The Labute approximate surface area is 146 Å². The quantitative estimate of drug-likeness (QED) is 0.757. The molecule has 1 unspecified atom stereocenters. The summed E-state index contributed by atoms with van der Waals surface area (Å²) in [4.78, 5) is 23.8. The van der Waals surface area contributed by atoms with Gasteiger partial charge in [0.1, 0.15) is 5.75 Å². The van der Waals surface area contributed by atoms with Crippen molar-refractivity contribution < 1.29 is 14.3 Å². The summed E-state index contributed by atoms with van der Waals surface area (Å²) in [5, 5.41) is 5.89. The van der Waals surface area contributed by atoms with Crippen molar-refractivity contribution >= 4 is 23.4 Å². The maximum atomic E-state index is 12.0. The number of para-hydroxylation sites is 1. The van der Waals surface area contributed by atoms with Gasteiger partial charge in [0.15, 0.2) is 6.10 Å². The van der Waals surface area contributed by atoms with Gasteiger partial charge < -0.3 is 15.4 Å². The SMILES string of the molecule is CC(Oc1ccccc1Cl)C(=O)NCCNC(=O)c1ccccc1. The first-order valence-corrected chi connectivity index (χ1v) is 7.98. The summed E-state index contributed by atoms with van der Waals surface area (Å²) < 4.78 is 5.52. The first kappa shape index (κ1) is 17.8. The zero-order valence-corrected chi connectivity index (χ0v) is 14.0. The highest BCUT2D eigenvalue weighted by atomic mass is 35.5. The fraction of sp³-hybridized carbons (Fsp3) is 0.222. The van der Waals surface area contributed by atoms with E-state index in [0.717, 1.165) is 0 Å². The molecule has 0 aliphatic rings. The smallest absolute Gasteiger partial charge is 0.260 e. The molecule has 0 bridgehead atoms. The highest BCUT2D eigenvalue weighted by Crippen LogP contribution is 2.24. The van der Waals surface area contributed by atoms with Crippen molar-refractivity contribution in [1.82, 2.24) is 10.6 Å². The number of halogens is 1. The number of amides is 2. The Morgan fingerprint density at radius 2 is 1.62 bits per heavy atom. The van der Waals surface area contributed by atoms with Gasteiger partial charge in [0.05, 0.1) is 5.02 Å². The molecule has 2 rings (SSSR count). The molecule has 2 aromatic rings. The molecular weight excluding hydrogens is 328 g/mol. The van der Waals surface area contributed by atoms with Crippen LogP contribution in [0.3, 0.4) is 0 Å². The Morgan fingerprint density at radius 3 is 2.33 bits per heavy atom. The van der Waals surface area contributed by atoms with E-state index in [4.69, 9.17) is 16.3 Å². The van der Waals surface area contributed by atoms with Gasteiger partial charge in [-0.3, -0.25) is 9.59 Å². The third-order valence-electron chi connectivity index (χ3n) is 3.26. The van der Waals surface area contributed by atoms with Crippen LogP contribution < -0.4 is 15.4 Å². The van der Waals surface area contributed by atoms with Gasteiger partial charge in [-0.15, -0.1) is 0 Å². The van der Waals surface area contributed by atoms with Crippen LogP contribution in [-0.2, 0) is 4.79 Å². The van der Waals surface area contributed by atoms with Crippen molar-refractivity contribution in [1.29, 1.82) is 0 Å². The summed E-state index contributed by atoms with van der Waals surface area (Å²) in [5.74, 6) is 0.00768. The average Bonchev–Trinajstić information content (AvgIpc) is 2.61. The van der Waals surface area contributed by atoms with E-state index in [-0.39, 0.29) is 11.8 Å². The first-order chi connectivity index (χ1) is 11.6. The number of carbonyl (C=O) groups excluding carboxylic acids is 2. The molecule has 6 heteroatoms. The minimum Gasteiger partial charge on any atom is -0.479 e. The summed E-state index contributed by atoms with van der Waals surface area (Å²) in [6.45, 7) is 2.28.